The normalized spacial score (nSPS) is 17.0. The van der Waals surface area contributed by atoms with Crippen molar-refractivity contribution in [3.63, 3.8) is 0 Å². The minimum atomic E-state index is -3.50. The molecular formula is C23H28N2O4S. The number of sulfonamides is 1. The second-order valence-corrected chi connectivity index (χ2v) is 9.80. The molecule has 6 nitrogen and oxygen atoms in total. The van der Waals surface area contributed by atoms with Crippen molar-refractivity contribution < 1.29 is 17.9 Å². The van der Waals surface area contributed by atoms with Crippen LogP contribution in [0, 0.1) is 0 Å². The van der Waals surface area contributed by atoms with Crippen molar-refractivity contribution in [2.45, 2.75) is 43.4 Å². The Morgan fingerprint density at radius 3 is 2.57 bits per heavy atom. The summed E-state index contributed by atoms with van der Waals surface area (Å²) in [6.07, 6.45) is 4.48. The predicted octanol–water partition coefficient (Wildman–Crippen LogP) is 3.39. The van der Waals surface area contributed by atoms with E-state index in [-0.39, 0.29) is 10.8 Å². The molecule has 2 aliphatic heterocycles. The highest BCUT2D eigenvalue weighted by atomic mass is 32.2. The maximum absolute atomic E-state index is 13.0. The molecule has 0 spiro atoms. The Kier molecular flexibility index (Phi) is 6.11. The summed E-state index contributed by atoms with van der Waals surface area (Å²) in [5, 5.41) is 0. The highest BCUT2D eigenvalue weighted by molar-refractivity contribution is 7.89. The Balaban J connectivity index is 1.52. The minimum absolute atomic E-state index is 0.0528. The quantitative estimate of drug-likeness (QED) is 0.707. The van der Waals surface area contributed by atoms with Crippen LogP contribution in [0.4, 0.5) is 5.69 Å². The fourth-order valence-electron chi connectivity index (χ4n) is 4.36. The Morgan fingerprint density at radius 2 is 1.80 bits per heavy atom. The van der Waals surface area contributed by atoms with Crippen molar-refractivity contribution in [3.05, 3.63) is 53.6 Å². The standard InChI is InChI=1S/C23H28N2O4S/c1-29-22-12-11-20(30(27,28)24-14-4-5-15-24)17-19(22)10-13-23(26)25-16-6-8-18-7-2-3-9-21(18)25/h2-3,7,9,11-12,17H,4-6,8,10,13-16H2,1H3. The van der Waals surface area contributed by atoms with Crippen molar-refractivity contribution in [2.24, 2.45) is 0 Å². The Hall–Kier alpha value is -2.38. The smallest absolute Gasteiger partial charge is 0.243 e. The van der Waals surface area contributed by atoms with E-state index in [4.69, 9.17) is 4.74 Å². The van der Waals surface area contributed by atoms with E-state index < -0.39 is 10.0 Å². The number of ether oxygens (including phenoxy) is 1. The van der Waals surface area contributed by atoms with Gasteiger partial charge in [0.25, 0.3) is 0 Å². The van der Waals surface area contributed by atoms with Crippen LogP contribution in [0.1, 0.15) is 36.8 Å². The molecule has 0 saturated carbocycles. The van der Waals surface area contributed by atoms with Crippen LogP contribution in [0.2, 0.25) is 0 Å². The molecule has 0 N–H and O–H groups in total. The van der Waals surface area contributed by atoms with E-state index in [1.54, 1.807) is 25.3 Å². The Labute approximate surface area is 178 Å². The molecule has 30 heavy (non-hydrogen) atoms. The summed E-state index contributed by atoms with van der Waals surface area (Å²) in [6, 6.07) is 13.0. The molecule has 2 aromatic carbocycles. The number of methoxy groups -OCH3 is 1. The lowest BCUT2D eigenvalue weighted by Gasteiger charge is -2.29. The number of carbonyl (C=O) groups excluding carboxylic acids is 1. The molecule has 0 unspecified atom stereocenters. The lowest BCUT2D eigenvalue weighted by molar-refractivity contribution is -0.118. The molecule has 2 aliphatic rings. The van der Waals surface area contributed by atoms with Gasteiger partial charge in [0.15, 0.2) is 0 Å². The van der Waals surface area contributed by atoms with Crippen LogP contribution in [-0.4, -0.2) is 45.4 Å². The van der Waals surface area contributed by atoms with Gasteiger partial charge in [-0.05, 0) is 67.5 Å². The summed E-state index contributed by atoms with van der Waals surface area (Å²) in [5.41, 5.74) is 2.94. The van der Waals surface area contributed by atoms with Crippen LogP contribution in [0.3, 0.4) is 0 Å². The molecule has 7 heteroatoms. The Bertz CT molecular complexity index is 1030. The van der Waals surface area contributed by atoms with Gasteiger partial charge < -0.3 is 9.64 Å². The molecule has 160 valence electrons. The monoisotopic (exact) mass is 428 g/mol. The summed E-state index contributed by atoms with van der Waals surface area (Å²) in [7, 11) is -1.94. The van der Waals surface area contributed by atoms with Gasteiger partial charge in [-0.3, -0.25) is 4.79 Å². The zero-order valence-corrected chi connectivity index (χ0v) is 18.2. The van der Waals surface area contributed by atoms with Gasteiger partial charge in [0, 0.05) is 31.7 Å². The number of para-hydroxylation sites is 1. The third-order valence-electron chi connectivity index (χ3n) is 5.97. The molecule has 0 aliphatic carbocycles. The highest BCUT2D eigenvalue weighted by Gasteiger charge is 2.28. The number of carbonyl (C=O) groups is 1. The van der Waals surface area contributed by atoms with Gasteiger partial charge in [0.2, 0.25) is 15.9 Å². The van der Waals surface area contributed by atoms with Gasteiger partial charge in [-0.15, -0.1) is 0 Å². The van der Waals surface area contributed by atoms with Gasteiger partial charge in [-0.25, -0.2) is 8.42 Å². The average molecular weight is 429 g/mol. The second kappa shape index (κ2) is 8.78. The van der Waals surface area contributed by atoms with Crippen molar-refractivity contribution in [3.8, 4) is 5.75 Å². The summed E-state index contributed by atoms with van der Waals surface area (Å²) >= 11 is 0. The molecule has 0 aromatic heterocycles. The molecular weight excluding hydrogens is 400 g/mol. The highest BCUT2D eigenvalue weighted by Crippen LogP contribution is 2.30. The van der Waals surface area contributed by atoms with Crippen molar-refractivity contribution in [2.75, 3.05) is 31.6 Å². The van der Waals surface area contributed by atoms with E-state index >= 15 is 0 Å². The number of benzene rings is 2. The summed E-state index contributed by atoms with van der Waals surface area (Å²) in [5.74, 6) is 0.666. The van der Waals surface area contributed by atoms with Crippen molar-refractivity contribution in [1.29, 1.82) is 0 Å². The SMILES string of the molecule is COc1ccc(S(=O)(=O)N2CCCC2)cc1CCC(=O)N1CCCc2ccccc21. The van der Waals surface area contributed by atoms with Gasteiger partial charge >= 0.3 is 0 Å². The van der Waals surface area contributed by atoms with Crippen LogP contribution < -0.4 is 9.64 Å². The van der Waals surface area contributed by atoms with Crippen LogP contribution >= 0.6 is 0 Å². The number of anilines is 1. The van der Waals surface area contributed by atoms with Crippen LogP contribution in [-0.2, 0) is 27.7 Å². The third kappa shape index (κ3) is 4.09. The first-order chi connectivity index (χ1) is 14.5. The molecule has 0 radical (unpaired) electrons. The molecule has 2 aromatic rings. The first-order valence-electron chi connectivity index (χ1n) is 10.6. The summed E-state index contributed by atoms with van der Waals surface area (Å²) in [6.45, 7) is 1.85. The first kappa shape index (κ1) is 20.9. The third-order valence-corrected chi connectivity index (χ3v) is 7.87. The number of aryl methyl sites for hydroxylation is 2. The molecule has 1 amide bonds. The lowest BCUT2D eigenvalue weighted by Crippen LogP contribution is -2.35. The molecule has 2 heterocycles. The number of amides is 1. The molecule has 1 saturated heterocycles. The minimum Gasteiger partial charge on any atom is -0.496 e. The van der Waals surface area contributed by atoms with Crippen LogP contribution in [0.25, 0.3) is 0 Å². The van der Waals surface area contributed by atoms with E-state index in [9.17, 15) is 13.2 Å². The predicted molar refractivity (Wildman–Crippen MR) is 116 cm³/mol. The van der Waals surface area contributed by atoms with E-state index in [0.29, 0.717) is 31.7 Å². The number of fused-ring (bicyclic) bond motifs is 1. The van der Waals surface area contributed by atoms with Crippen molar-refractivity contribution in [1.82, 2.24) is 4.31 Å². The van der Waals surface area contributed by atoms with Gasteiger partial charge in [-0.2, -0.15) is 4.31 Å². The van der Waals surface area contributed by atoms with Crippen LogP contribution in [0.15, 0.2) is 47.4 Å². The van der Waals surface area contributed by atoms with E-state index in [1.807, 2.05) is 23.1 Å². The number of hydrogen-bond donors (Lipinski definition) is 0. The van der Waals surface area contributed by atoms with Gasteiger partial charge in [0.05, 0.1) is 12.0 Å². The average Bonchev–Trinajstić information content (AvgIpc) is 3.33. The number of hydrogen-bond acceptors (Lipinski definition) is 4. The maximum atomic E-state index is 13.0. The van der Waals surface area contributed by atoms with E-state index in [2.05, 4.69) is 6.07 Å². The number of nitrogens with zero attached hydrogens (tertiary/aromatic N) is 2. The largest absolute Gasteiger partial charge is 0.496 e. The fourth-order valence-corrected chi connectivity index (χ4v) is 5.93. The van der Waals surface area contributed by atoms with E-state index in [0.717, 1.165) is 43.5 Å². The van der Waals surface area contributed by atoms with Gasteiger partial charge in [0.1, 0.15) is 5.75 Å². The molecule has 4 rings (SSSR count). The fraction of sp³-hybridized carbons (Fsp3) is 0.435. The maximum Gasteiger partial charge on any atom is 0.243 e. The first-order valence-corrected chi connectivity index (χ1v) is 12.0. The molecule has 1 fully saturated rings. The lowest BCUT2D eigenvalue weighted by atomic mass is 10.0. The number of rotatable bonds is 6. The summed E-state index contributed by atoms with van der Waals surface area (Å²) in [4.78, 5) is 15.1. The van der Waals surface area contributed by atoms with Crippen molar-refractivity contribution >= 4 is 21.6 Å². The summed E-state index contributed by atoms with van der Waals surface area (Å²) < 4.78 is 32.8. The second-order valence-electron chi connectivity index (χ2n) is 7.86. The topological polar surface area (TPSA) is 66.9 Å². The zero-order chi connectivity index (χ0) is 21.1. The zero-order valence-electron chi connectivity index (χ0n) is 17.3. The van der Waals surface area contributed by atoms with Gasteiger partial charge in [-0.1, -0.05) is 18.2 Å². The van der Waals surface area contributed by atoms with Crippen LogP contribution in [0.5, 0.6) is 5.75 Å². The van der Waals surface area contributed by atoms with E-state index in [1.165, 1.54) is 9.87 Å². The molecule has 0 bridgehead atoms. The molecule has 0 atom stereocenters. The Morgan fingerprint density at radius 1 is 1.03 bits per heavy atom.